The number of rotatable bonds is 17. The Kier molecular flexibility index (Phi) is 14.7. The predicted octanol–water partition coefficient (Wildman–Crippen LogP) is -11.9. The van der Waals surface area contributed by atoms with Crippen molar-refractivity contribution in [3.05, 3.63) is 0 Å². The maximum atomic E-state index is 11.3. The highest BCUT2D eigenvalue weighted by Gasteiger charge is 2.64. The van der Waals surface area contributed by atoms with Crippen LogP contribution < -0.4 is 0 Å². The fourth-order valence-corrected chi connectivity index (χ4v) is 7.16. The lowest BCUT2D eigenvalue weighted by atomic mass is 9.98. The van der Waals surface area contributed by atoms with E-state index >= 15 is 0 Å². The summed E-state index contributed by atoms with van der Waals surface area (Å²) >= 11 is 0. The predicted molar refractivity (Wildman–Crippen MR) is 167 cm³/mol. The highest BCUT2D eigenvalue weighted by Crippen LogP contribution is 2.42. The molecule has 0 amide bonds. The van der Waals surface area contributed by atoms with Crippen LogP contribution in [0.4, 0.5) is 0 Å². The summed E-state index contributed by atoms with van der Waals surface area (Å²) < 4.78 is 50.1. The summed E-state index contributed by atoms with van der Waals surface area (Å²) in [5.74, 6) is -10.4. The van der Waals surface area contributed by atoms with Crippen LogP contribution in [0.25, 0.3) is 0 Å². The topological polar surface area (TPSA) is 427 Å². The fraction of sp³-hybridized carbons (Fsp3) is 1.00. The van der Waals surface area contributed by atoms with Crippen LogP contribution in [-0.4, -0.2) is 273 Å². The molecule has 0 bridgehead atoms. The van der Waals surface area contributed by atoms with Crippen molar-refractivity contribution in [1.29, 1.82) is 0 Å². The Morgan fingerprint density at radius 1 is 0.375 bits per heavy atom. The van der Waals surface area contributed by atoms with Gasteiger partial charge in [0.2, 0.25) is 23.1 Å². The monoisotopic (exact) mass is 828 g/mol. The van der Waals surface area contributed by atoms with Crippen LogP contribution in [0.1, 0.15) is 0 Å². The van der Waals surface area contributed by atoms with Gasteiger partial charge in [-0.2, -0.15) is 0 Å². The third-order valence-electron chi connectivity index (χ3n) is 10.7. The standard InChI is InChI=1S/C30H52O26/c31-1-10-16(38)22(44)27(6-35,52-10)48-5-14-15(37)20(42)21(43)26(51-14)56-30(25(47)19(41)13(4-34)55-30)9-50-29(24(46)18(40)12(3-33)54-29)8-49-28(7-36)23(45)17(39)11(2-32)53-28/h10-26,31-47H,1-9H2/t10-,11-,12-,13-,14-,15-,16-,17-,18-,19-,20+,21-,22+,23+,24+,25+,26-,27-,28-,29-,30+/m1/s1. The molecule has 0 spiro atoms. The SMILES string of the molecule is OC[C@H]1O[C@@](CO)(OC[C@H]2O[C@H](O[C@]3(CO[C@]4(CO[C@]5(CO)O[C@H](CO)[C@@H](O)[C@@H]5O)O[C@H](CO)[C@@H](O)[C@@H]4O)O[C@H](CO)[C@@H](O)[C@@H]3O)[C@H](O)[C@@H](O)[C@@H]2O)[C@@H](O)[C@@H]1O. The molecule has 17 N–H and O–H groups in total. The van der Waals surface area contributed by atoms with Crippen molar-refractivity contribution < 1.29 is 129 Å². The lowest BCUT2D eigenvalue weighted by Gasteiger charge is -2.45. The quantitative estimate of drug-likeness (QED) is 0.0647. The van der Waals surface area contributed by atoms with E-state index in [9.17, 15) is 86.8 Å². The summed E-state index contributed by atoms with van der Waals surface area (Å²) in [5, 5.41) is 177. The summed E-state index contributed by atoms with van der Waals surface area (Å²) in [4.78, 5) is 0. The summed E-state index contributed by atoms with van der Waals surface area (Å²) in [5.41, 5.74) is 0. The van der Waals surface area contributed by atoms with Crippen LogP contribution in [0.3, 0.4) is 0 Å². The molecule has 5 fully saturated rings. The Bertz CT molecular complexity index is 1270. The zero-order chi connectivity index (χ0) is 41.5. The van der Waals surface area contributed by atoms with Crippen molar-refractivity contribution in [3.8, 4) is 0 Å². The molecule has 0 radical (unpaired) electrons. The maximum Gasteiger partial charge on any atom is 0.224 e. The molecule has 0 unspecified atom stereocenters. The van der Waals surface area contributed by atoms with E-state index in [1.54, 1.807) is 0 Å². The van der Waals surface area contributed by atoms with E-state index in [4.69, 9.17) is 42.6 Å². The first-order chi connectivity index (χ1) is 26.4. The van der Waals surface area contributed by atoms with Crippen molar-refractivity contribution in [2.75, 3.05) is 59.5 Å². The average molecular weight is 829 g/mol. The van der Waals surface area contributed by atoms with Gasteiger partial charge < -0.3 is 129 Å². The van der Waals surface area contributed by atoms with Gasteiger partial charge in [-0.1, -0.05) is 0 Å². The summed E-state index contributed by atoms with van der Waals surface area (Å²) in [6.07, 6.45) is -32.5. The van der Waals surface area contributed by atoms with Crippen LogP contribution in [0, 0.1) is 0 Å². The zero-order valence-electron chi connectivity index (χ0n) is 29.5. The number of aliphatic hydroxyl groups excluding tert-OH is 17. The van der Waals surface area contributed by atoms with Crippen molar-refractivity contribution >= 4 is 0 Å². The number of ether oxygens (including phenoxy) is 9. The largest absolute Gasteiger partial charge is 0.394 e. The fourth-order valence-electron chi connectivity index (χ4n) is 7.16. The molecule has 5 heterocycles. The Morgan fingerprint density at radius 2 is 0.732 bits per heavy atom. The molecule has 5 saturated heterocycles. The summed E-state index contributed by atoms with van der Waals surface area (Å²) in [6.45, 7) is -9.17. The van der Waals surface area contributed by atoms with Crippen molar-refractivity contribution in [3.63, 3.8) is 0 Å². The first kappa shape index (κ1) is 46.0. The lowest BCUT2D eigenvalue weighted by molar-refractivity contribution is -0.407. The first-order valence-electron chi connectivity index (χ1n) is 17.5. The summed E-state index contributed by atoms with van der Waals surface area (Å²) in [7, 11) is 0. The van der Waals surface area contributed by atoms with Gasteiger partial charge in [-0.05, 0) is 0 Å². The van der Waals surface area contributed by atoms with E-state index in [0.717, 1.165) is 0 Å². The van der Waals surface area contributed by atoms with E-state index in [1.807, 2.05) is 0 Å². The minimum atomic E-state index is -2.82. The lowest BCUT2D eigenvalue weighted by Crippen LogP contribution is -2.64. The van der Waals surface area contributed by atoms with Crippen LogP contribution >= 0.6 is 0 Å². The Morgan fingerprint density at radius 3 is 1.16 bits per heavy atom. The normalized spacial score (nSPS) is 52.3. The minimum Gasteiger partial charge on any atom is -0.394 e. The molecule has 21 atom stereocenters. The van der Waals surface area contributed by atoms with Gasteiger partial charge in [0, 0.05) is 0 Å². The van der Waals surface area contributed by atoms with Crippen molar-refractivity contribution in [2.45, 2.75) is 127 Å². The van der Waals surface area contributed by atoms with Crippen molar-refractivity contribution in [2.24, 2.45) is 0 Å². The van der Waals surface area contributed by atoms with Gasteiger partial charge in [-0.15, -0.1) is 0 Å². The Hall–Kier alpha value is -1.04. The molecule has 56 heavy (non-hydrogen) atoms. The van der Waals surface area contributed by atoms with Crippen molar-refractivity contribution in [1.82, 2.24) is 0 Å². The van der Waals surface area contributed by atoms with Gasteiger partial charge in [0.1, 0.15) is 124 Å². The third kappa shape index (κ3) is 7.97. The van der Waals surface area contributed by atoms with Gasteiger partial charge in [0.25, 0.3) is 0 Å². The molecular formula is C30H52O26. The van der Waals surface area contributed by atoms with Crippen LogP contribution in [0.15, 0.2) is 0 Å². The molecule has 5 rings (SSSR count). The molecule has 0 aromatic heterocycles. The molecule has 26 nitrogen and oxygen atoms in total. The second-order valence-electron chi connectivity index (χ2n) is 14.2. The van der Waals surface area contributed by atoms with E-state index in [2.05, 4.69) is 0 Å². The van der Waals surface area contributed by atoms with E-state index in [1.165, 1.54) is 0 Å². The smallest absolute Gasteiger partial charge is 0.224 e. The van der Waals surface area contributed by atoms with Gasteiger partial charge in [-0.25, -0.2) is 0 Å². The molecule has 5 aliphatic heterocycles. The van der Waals surface area contributed by atoms with E-state index < -0.39 is 187 Å². The highest BCUT2D eigenvalue weighted by atomic mass is 16.8. The van der Waals surface area contributed by atoms with Gasteiger partial charge in [-0.3, -0.25) is 0 Å². The molecule has 5 aliphatic rings. The summed E-state index contributed by atoms with van der Waals surface area (Å²) in [6, 6.07) is 0. The number of aliphatic hydroxyl groups is 17. The second-order valence-corrected chi connectivity index (χ2v) is 14.2. The average Bonchev–Trinajstić information content (AvgIpc) is 3.80. The first-order valence-corrected chi connectivity index (χ1v) is 17.5. The third-order valence-corrected chi connectivity index (χ3v) is 10.7. The van der Waals surface area contributed by atoms with Gasteiger partial charge in [0.05, 0.1) is 33.0 Å². The van der Waals surface area contributed by atoms with Crippen LogP contribution in [0.2, 0.25) is 0 Å². The Labute approximate surface area is 316 Å². The number of hydrogen-bond donors (Lipinski definition) is 17. The minimum absolute atomic E-state index is 0.805. The molecule has 328 valence electrons. The molecule has 0 saturated carbocycles. The number of hydrogen-bond acceptors (Lipinski definition) is 26. The zero-order valence-corrected chi connectivity index (χ0v) is 29.5. The van der Waals surface area contributed by atoms with Crippen LogP contribution in [0.5, 0.6) is 0 Å². The molecule has 0 aliphatic carbocycles. The Balaban J connectivity index is 1.41. The van der Waals surface area contributed by atoms with Gasteiger partial charge >= 0.3 is 0 Å². The molecule has 0 aromatic rings. The maximum absolute atomic E-state index is 11.3. The van der Waals surface area contributed by atoms with Gasteiger partial charge in [0.15, 0.2) is 6.29 Å². The van der Waals surface area contributed by atoms with E-state index in [0.29, 0.717) is 0 Å². The second kappa shape index (κ2) is 17.9. The molecular weight excluding hydrogens is 776 g/mol. The molecule has 26 heteroatoms. The highest BCUT2D eigenvalue weighted by molar-refractivity contribution is 5.04. The molecule has 0 aromatic carbocycles. The van der Waals surface area contributed by atoms with Crippen LogP contribution in [-0.2, 0) is 42.6 Å². The van der Waals surface area contributed by atoms with E-state index in [-0.39, 0.29) is 0 Å².